The minimum Gasteiger partial charge on any atom is -0.484 e. The molecule has 2 aromatic rings. The van der Waals surface area contributed by atoms with E-state index in [4.69, 9.17) is 10.5 Å². The maximum absolute atomic E-state index is 13.8. The van der Waals surface area contributed by atoms with Crippen LogP contribution in [0.15, 0.2) is 46.9 Å². The van der Waals surface area contributed by atoms with Crippen LogP contribution in [-0.2, 0) is 0 Å². The van der Waals surface area contributed by atoms with Crippen molar-refractivity contribution < 1.29 is 9.13 Å². The van der Waals surface area contributed by atoms with E-state index >= 15 is 0 Å². The van der Waals surface area contributed by atoms with Crippen LogP contribution in [0.3, 0.4) is 0 Å². The highest BCUT2D eigenvalue weighted by Crippen LogP contribution is 2.28. The van der Waals surface area contributed by atoms with Crippen LogP contribution in [0.4, 0.5) is 4.39 Å². The highest BCUT2D eigenvalue weighted by atomic mass is 79.9. The van der Waals surface area contributed by atoms with E-state index in [1.54, 1.807) is 18.2 Å². The fraction of sp³-hybridized carbons (Fsp3) is 0.200. The van der Waals surface area contributed by atoms with Crippen molar-refractivity contribution in [1.82, 2.24) is 0 Å². The van der Waals surface area contributed by atoms with Gasteiger partial charge in [0.25, 0.3) is 0 Å². The Labute approximate surface area is 120 Å². The zero-order chi connectivity index (χ0) is 13.8. The average molecular weight is 324 g/mol. The molecule has 0 saturated heterocycles. The molecule has 2 N–H and O–H groups in total. The van der Waals surface area contributed by atoms with E-state index in [1.807, 2.05) is 25.1 Å². The van der Waals surface area contributed by atoms with Crippen molar-refractivity contribution in [3.63, 3.8) is 0 Å². The third kappa shape index (κ3) is 3.33. The second-order valence-corrected chi connectivity index (χ2v) is 5.19. The lowest BCUT2D eigenvalue weighted by Crippen LogP contribution is -2.20. The summed E-state index contributed by atoms with van der Waals surface area (Å²) in [6, 6.07) is 12.3. The number of nitrogens with two attached hydrogens (primary N) is 1. The second-order valence-electron chi connectivity index (χ2n) is 4.27. The first kappa shape index (κ1) is 14.0. The SMILES string of the molecule is Cc1ccc(Br)cc1OC(CN)c1ccccc1F. The lowest BCUT2D eigenvalue weighted by Gasteiger charge is -2.20. The number of hydrogen-bond donors (Lipinski definition) is 1. The van der Waals surface area contributed by atoms with Crippen molar-refractivity contribution in [2.45, 2.75) is 13.0 Å². The van der Waals surface area contributed by atoms with Gasteiger partial charge in [0, 0.05) is 16.6 Å². The molecule has 0 saturated carbocycles. The zero-order valence-electron chi connectivity index (χ0n) is 10.6. The maximum Gasteiger partial charge on any atom is 0.139 e. The zero-order valence-corrected chi connectivity index (χ0v) is 12.2. The van der Waals surface area contributed by atoms with E-state index in [1.165, 1.54) is 6.07 Å². The number of benzene rings is 2. The monoisotopic (exact) mass is 323 g/mol. The van der Waals surface area contributed by atoms with Crippen LogP contribution in [0, 0.1) is 12.7 Å². The molecule has 0 heterocycles. The Bertz CT molecular complexity index is 574. The Kier molecular flexibility index (Phi) is 4.56. The van der Waals surface area contributed by atoms with Crippen LogP contribution in [0.1, 0.15) is 17.2 Å². The molecule has 0 spiro atoms. The fourth-order valence-corrected chi connectivity index (χ4v) is 2.17. The molecule has 0 aliphatic heterocycles. The van der Waals surface area contributed by atoms with E-state index in [9.17, 15) is 4.39 Å². The van der Waals surface area contributed by atoms with E-state index < -0.39 is 6.10 Å². The van der Waals surface area contributed by atoms with Gasteiger partial charge in [0.15, 0.2) is 0 Å². The predicted molar refractivity (Wildman–Crippen MR) is 77.7 cm³/mol. The first-order valence-corrected chi connectivity index (χ1v) is 6.78. The maximum atomic E-state index is 13.8. The fourth-order valence-electron chi connectivity index (χ4n) is 1.83. The Morgan fingerprint density at radius 2 is 2.00 bits per heavy atom. The van der Waals surface area contributed by atoms with Crippen LogP contribution in [-0.4, -0.2) is 6.54 Å². The summed E-state index contributed by atoms with van der Waals surface area (Å²) in [5, 5.41) is 0. The number of ether oxygens (including phenoxy) is 1. The Balaban J connectivity index is 2.29. The molecule has 100 valence electrons. The molecule has 19 heavy (non-hydrogen) atoms. The number of rotatable bonds is 4. The molecule has 0 aliphatic rings. The van der Waals surface area contributed by atoms with Gasteiger partial charge in [0.05, 0.1) is 0 Å². The van der Waals surface area contributed by atoms with Gasteiger partial charge in [-0.2, -0.15) is 0 Å². The average Bonchev–Trinajstić information content (AvgIpc) is 2.41. The molecule has 2 nitrogen and oxygen atoms in total. The van der Waals surface area contributed by atoms with Gasteiger partial charge in [0.1, 0.15) is 17.7 Å². The smallest absolute Gasteiger partial charge is 0.139 e. The molecule has 2 rings (SSSR count). The molecule has 0 aliphatic carbocycles. The van der Waals surface area contributed by atoms with Crippen LogP contribution in [0.2, 0.25) is 0 Å². The molecular weight excluding hydrogens is 309 g/mol. The lowest BCUT2D eigenvalue weighted by molar-refractivity contribution is 0.207. The van der Waals surface area contributed by atoms with Crippen molar-refractivity contribution >= 4 is 15.9 Å². The first-order chi connectivity index (χ1) is 9.11. The summed E-state index contributed by atoms with van der Waals surface area (Å²) in [7, 11) is 0. The van der Waals surface area contributed by atoms with E-state index in [2.05, 4.69) is 15.9 Å². The minimum atomic E-state index is -0.491. The molecular formula is C15H15BrFNO. The summed E-state index contributed by atoms with van der Waals surface area (Å²) < 4.78 is 20.5. The van der Waals surface area contributed by atoms with E-state index in [0.717, 1.165) is 10.0 Å². The molecule has 0 aromatic heterocycles. The molecule has 1 unspecified atom stereocenters. The normalized spacial score (nSPS) is 12.2. The Morgan fingerprint density at radius 3 is 2.68 bits per heavy atom. The molecule has 4 heteroatoms. The summed E-state index contributed by atoms with van der Waals surface area (Å²) in [6.07, 6.45) is -0.491. The standard InChI is InChI=1S/C15H15BrFNO/c1-10-6-7-11(16)8-14(10)19-15(9-18)12-4-2-3-5-13(12)17/h2-8,15H,9,18H2,1H3. The number of halogens is 2. The third-order valence-corrected chi connectivity index (χ3v) is 3.38. The summed E-state index contributed by atoms with van der Waals surface area (Å²) >= 11 is 3.39. The van der Waals surface area contributed by atoms with Crippen LogP contribution < -0.4 is 10.5 Å². The second kappa shape index (κ2) is 6.17. The highest BCUT2D eigenvalue weighted by molar-refractivity contribution is 9.10. The van der Waals surface area contributed by atoms with Gasteiger partial charge in [-0.15, -0.1) is 0 Å². The number of hydrogen-bond acceptors (Lipinski definition) is 2. The van der Waals surface area contributed by atoms with Gasteiger partial charge < -0.3 is 10.5 Å². The van der Waals surface area contributed by atoms with Crippen molar-refractivity contribution in [3.8, 4) is 5.75 Å². The van der Waals surface area contributed by atoms with Crippen LogP contribution in [0.25, 0.3) is 0 Å². The largest absolute Gasteiger partial charge is 0.484 e. The highest BCUT2D eigenvalue weighted by Gasteiger charge is 2.16. The predicted octanol–water partition coefficient (Wildman–Crippen LogP) is 3.98. The van der Waals surface area contributed by atoms with Crippen molar-refractivity contribution in [3.05, 3.63) is 63.9 Å². The van der Waals surface area contributed by atoms with Crippen molar-refractivity contribution in [2.75, 3.05) is 6.54 Å². The van der Waals surface area contributed by atoms with Crippen molar-refractivity contribution in [1.29, 1.82) is 0 Å². The topological polar surface area (TPSA) is 35.2 Å². The minimum absolute atomic E-state index is 0.215. The number of aryl methyl sites for hydroxylation is 1. The quantitative estimate of drug-likeness (QED) is 0.923. The summed E-state index contributed by atoms with van der Waals surface area (Å²) in [4.78, 5) is 0. The van der Waals surface area contributed by atoms with Gasteiger partial charge >= 0.3 is 0 Å². The van der Waals surface area contributed by atoms with Gasteiger partial charge in [0.2, 0.25) is 0 Å². The molecule has 0 radical (unpaired) electrons. The molecule has 2 aromatic carbocycles. The molecule has 0 bridgehead atoms. The van der Waals surface area contributed by atoms with Crippen LogP contribution in [0.5, 0.6) is 5.75 Å². The Hall–Kier alpha value is -1.39. The van der Waals surface area contributed by atoms with Gasteiger partial charge in [-0.3, -0.25) is 0 Å². The first-order valence-electron chi connectivity index (χ1n) is 5.99. The van der Waals surface area contributed by atoms with E-state index in [0.29, 0.717) is 11.3 Å². The summed E-state index contributed by atoms with van der Waals surface area (Å²) in [5.74, 6) is 0.402. The third-order valence-electron chi connectivity index (χ3n) is 2.89. The van der Waals surface area contributed by atoms with E-state index in [-0.39, 0.29) is 12.4 Å². The molecule has 0 amide bonds. The Morgan fingerprint density at radius 1 is 1.26 bits per heavy atom. The lowest BCUT2D eigenvalue weighted by atomic mass is 10.1. The van der Waals surface area contributed by atoms with Crippen molar-refractivity contribution in [2.24, 2.45) is 5.73 Å². The van der Waals surface area contributed by atoms with Crippen LogP contribution >= 0.6 is 15.9 Å². The molecule has 0 fully saturated rings. The van der Waals surface area contributed by atoms with Gasteiger partial charge in [-0.1, -0.05) is 40.2 Å². The van der Waals surface area contributed by atoms with Gasteiger partial charge in [-0.25, -0.2) is 4.39 Å². The summed E-state index contributed by atoms with van der Waals surface area (Å²) in [6.45, 7) is 2.16. The molecule has 1 atom stereocenters. The van der Waals surface area contributed by atoms with Gasteiger partial charge in [-0.05, 0) is 30.7 Å². The summed E-state index contributed by atoms with van der Waals surface area (Å²) in [5.41, 5.74) is 7.17.